The van der Waals surface area contributed by atoms with Gasteiger partial charge in [-0.15, -0.1) is 11.3 Å². The normalized spacial score (nSPS) is 20.9. The van der Waals surface area contributed by atoms with Gasteiger partial charge in [-0.2, -0.15) is 5.10 Å². The largest absolute Gasteiger partial charge is 0.336 e. The maximum absolute atomic E-state index is 12.6. The second kappa shape index (κ2) is 5.13. The number of thiophene rings is 1. The van der Waals surface area contributed by atoms with Gasteiger partial charge >= 0.3 is 6.03 Å². The zero-order valence-electron chi connectivity index (χ0n) is 11.8. The lowest BCUT2D eigenvalue weighted by Gasteiger charge is -2.36. The Morgan fingerprint density at radius 2 is 2.23 bits per heavy atom. The Kier molecular flexibility index (Phi) is 3.11. The molecule has 2 fully saturated rings. The van der Waals surface area contributed by atoms with Gasteiger partial charge in [0, 0.05) is 32.4 Å². The summed E-state index contributed by atoms with van der Waals surface area (Å²) in [6.45, 7) is 2.39. The highest BCUT2D eigenvalue weighted by Gasteiger charge is 2.37. The van der Waals surface area contributed by atoms with Crippen LogP contribution < -0.4 is 5.32 Å². The van der Waals surface area contributed by atoms with Crippen LogP contribution in [-0.4, -0.2) is 64.2 Å². The van der Waals surface area contributed by atoms with Crippen LogP contribution in [0, 0.1) is 0 Å². The highest BCUT2D eigenvalue weighted by molar-refractivity contribution is 7.17. The van der Waals surface area contributed by atoms with Crippen LogP contribution in [0.1, 0.15) is 9.67 Å². The molecule has 0 saturated carbocycles. The van der Waals surface area contributed by atoms with Gasteiger partial charge in [-0.25, -0.2) is 4.79 Å². The van der Waals surface area contributed by atoms with Crippen LogP contribution in [0.25, 0.3) is 10.6 Å². The van der Waals surface area contributed by atoms with E-state index >= 15 is 0 Å². The lowest BCUT2D eigenvalue weighted by atomic mass is 10.2. The van der Waals surface area contributed by atoms with E-state index in [0.29, 0.717) is 26.2 Å². The highest BCUT2D eigenvalue weighted by Crippen LogP contribution is 2.28. The van der Waals surface area contributed by atoms with Crippen molar-refractivity contribution in [2.24, 2.45) is 0 Å². The van der Waals surface area contributed by atoms with Crippen LogP contribution in [-0.2, 0) is 0 Å². The number of hydrogen-bond acceptors (Lipinski definition) is 4. The first-order valence-corrected chi connectivity index (χ1v) is 7.97. The standard InChI is InChI=1S/C14H15N5O2S/c20-13(12-2-1-11(22-12)10-3-4-16-17-10)18-5-6-19-9(8-18)7-15-14(19)21/h1-4,9H,5-8H2,(H,15,21)(H,16,17). The summed E-state index contributed by atoms with van der Waals surface area (Å²) in [6.07, 6.45) is 1.69. The maximum atomic E-state index is 12.6. The van der Waals surface area contributed by atoms with Crippen molar-refractivity contribution in [1.82, 2.24) is 25.3 Å². The zero-order valence-corrected chi connectivity index (χ0v) is 12.6. The Bertz CT molecular complexity index is 711. The van der Waals surface area contributed by atoms with E-state index in [9.17, 15) is 9.59 Å². The summed E-state index contributed by atoms with van der Waals surface area (Å²) in [5.74, 6) is 0.0368. The molecule has 2 N–H and O–H groups in total. The number of H-pyrrole nitrogens is 1. The zero-order chi connectivity index (χ0) is 15.1. The molecule has 4 rings (SSSR count). The molecule has 0 bridgehead atoms. The van der Waals surface area contributed by atoms with Crippen LogP contribution in [0.5, 0.6) is 0 Å². The number of fused-ring (bicyclic) bond motifs is 1. The Morgan fingerprint density at radius 1 is 1.32 bits per heavy atom. The lowest BCUT2D eigenvalue weighted by molar-refractivity contribution is 0.0621. The SMILES string of the molecule is O=C(c1ccc(-c2ccn[nH]2)s1)N1CCN2C(=O)NCC2C1. The maximum Gasteiger partial charge on any atom is 0.317 e. The minimum absolute atomic E-state index is 0.0187. The molecule has 8 heteroatoms. The van der Waals surface area contributed by atoms with Gasteiger partial charge in [0.2, 0.25) is 0 Å². The molecule has 2 aromatic rings. The predicted molar refractivity (Wildman–Crippen MR) is 81.7 cm³/mol. The van der Waals surface area contributed by atoms with E-state index in [1.807, 2.05) is 28.0 Å². The third kappa shape index (κ3) is 2.16. The van der Waals surface area contributed by atoms with Gasteiger partial charge < -0.3 is 15.1 Å². The van der Waals surface area contributed by atoms with Gasteiger partial charge in [0.25, 0.3) is 5.91 Å². The molecule has 2 aliphatic rings. The van der Waals surface area contributed by atoms with Crippen molar-refractivity contribution in [3.8, 4) is 10.6 Å². The van der Waals surface area contributed by atoms with Gasteiger partial charge in [0.05, 0.1) is 21.5 Å². The first kappa shape index (κ1) is 13.3. The number of piperazine rings is 1. The second-order valence-electron chi connectivity index (χ2n) is 5.42. The van der Waals surface area contributed by atoms with E-state index in [2.05, 4.69) is 15.5 Å². The van der Waals surface area contributed by atoms with E-state index in [4.69, 9.17) is 0 Å². The predicted octanol–water partition coefficient (Wildman–Crippen LogP) is 0.988. The van der Waals surface area contributed by atoms with Crippen LogP contribution in [0.2, 0.25) is 0 Å². The monoisotopic (exact) mass is 317 g/mol. The molecule has 4 heterocycles. The van der Waals surface area contributed by atoms with Gasteiger partial charge in [0.1, 0.15) is 0 Å². The summed E-state index contributed by atoms with van der Waals surface area (Å²) >= 11 is 1.46. The van der Waals surface area contributed by atoms with Gasteiger partial charge in [-0.1, -0.05) is 0 Å². The highest BCUT2D eigenvalue weighted by atomic mass is 32.1. The quantitative estimate of drug-likeness (QED) is 0.866. The van der Waals surface area contributed by atoms with Crippen LogP contribution >= 0.6 is 11.3 Å². The molecule has 114 valence electrons. The number of rotatable bonds is 2. The molecule has 0 aromatic carbocycles. The van der Waals surface area contributed by atoms with Crippen molar-refractivity contribution in [1.29, 1.82) is 0 Å². The lowest BCUT2D eigenvalue weighted by Crippen LogP contribution is -2.53. The minimum Gasteiger partial charge on any atom is -0.336 e. The van der Waals surface area contributed by atoms with Crippen LogP contribution in [0.3, 0.4) is 0 Å². The average molecular weight is 317 g/mol. The second-order valence-corrected chi connectivity index (χ2v) is 6.50. The molecule has 0 aliphatic carbocycles. The number of amides is 3. The van der Waals surface area contributed by atoms with Crippen molar-refractivity contribution in [2.75, 3.05) is 26.2 Å². The number of urea groups is 1. The summed E-state index contributed by atoms with van der Waals surface area (Å²) in [7, 11) is 0. The molecule has 2 aromatic heterocycles. The summed E-state index contributed by atoms with van der Waals surface area (Å²) in [6, 6.07) is 5.75. The topological polar surface area (TPSA) is 81.3 Å². The fourth-order valence-electron chi connectivity index (χ4n) is 2.94. The van der Waals surface area contributed by atoms with Crippen molar-refractivity contribution in [2.45, 2.75) is 6.04 Å². The summed E-state index contributed by atoms with van der Waals surface area (Å²) in [4.78, 5) is 29.6. The van der Waals surface area contributed by atoms with Crippen molar-refractivity contribution >= 4 is 23.3 Å². The van der Waals surface area contributed by atoms with Crippen molar-refractivity contribution in [3.05, 3.63) is 29.3 Å². The number of aromatic amines is 1. The first-order valence-electron chi connectivity index (χ1n) is 7.16. The van der Waals surface area contributed by atoms with Gasteiger partial charge in [-0.3, -0.25) is 9.89 Å². The van der Waals surface area contributed by atoms with Gasteiger partial charge in [0.15, 0.2) is 0 Å². The summed E-state index contributed by atoms with van der Waals surface area (Å²) in [5, 5.41) is 9.66. The Balaban J connectivity index is 1.49. The molecule has 1 atom stereocenters. The third-order valence-electron chi connectivity index (χ3n) is 4.10. The summed E-state index contributed by atoms with van der Waals surface area (Å²) < 4.78 is 0. The number of aromatic nitrogens is 2. The molecule has 2 saturated heterocycles. The van der Waals surface area contributed by atoms with E-state index in [-0.39, 0.29) is 18.0 Å². The molecular weight excluding hydrogens is 302 g/mol. The molecular formula is C14H15N5O2S. The average Bonchev–Trinajstić information content (AvgIpc) is 3.27. The first-order chi connectivity index (χ1) is 10.7. The summed E-state index contributed by atoms with van der Waals surface area (Å²) in [5.41, 5.74) is 0.916. The molecule has 22 heavy (non-hydrogen) atoms. The van der Waals surface area contributed by atoms with Crippen LogP contribution in [0.15, 0.2) is 24.4 Å². The van der Waals surface area contributed by atoms with E-state index in [1.165, 1.54) is 11.3 Å². The Hall–Kier alpha value is -2.35. The molecule has 0 radical (unpaired) electrons. The van der Waals surface area contributed by atoms with Crippen molar-refractivity contribution < 1.29 is 9.59 Å². The Morgan fingerprint density at radius 3 is 3.05 bits per heavy atom. The number of nitrogens with one attached hydrogen (secondary N) is 2. The fourth-order valence-corrected chi connectivity index (χ4v) is 3.88. The van der Waals surface area contributed by atoms with E-state index in [0.717, 1.165) is 15.4 Å². The molecule has 2 aliphatic heterocycles. The smallest absolute Gasteiger partial charge is 0.317 e. The van der Waals surface area contributed by atoms with Crippen molar-refractivity contribution in [3.63, 3.8) is 0 Å². The van der Waals surface area contributed by atoms with E-state index < -0.39 is 0 Å². The van der Waals surface area contributed by atoms with Gasteiger partial charge in [-0.05, 0) is 18.2 Å². The molecule has 7 nitrogen and oxygen atoms in total. The molecule has 0 spiro atoms. The molecule has 1 unspecified atom stereocenters. The van der Waals surface area contributed by atoms with E-state index in [1.54, 1.807) is 6.20 Å². The third-order valence-corrected chi connectivity index (χ3v) is 5.21. The minimum atomic E-state index is -0.0187. The number of carbonyl (C=O) groups excluding carboxylic acids is 2. The molecule has 3 amide bonds. The van der Waals surface area contributed by atoms with Crippen LogP contribution in [0.4, 0.5) is 4.79 Å². The fraction of sp³-hybridized carbons (Fsp3) is 0.357. The number of nitrogens with zero attached hydrogens (tertiary/aromatic N) is 3. The Labute approximate surface area is 130 Å². The number of hydrogen-bond donors (Lipinski definition) is 2. The number of carbonyl (C=O) groups is 2.